The number of nitrogens with one attached hydrogen (secondary N) is 1. The van der Waals surface area contributed by atoms with Gasteiger partial charge in [0.1, 0.15) is 11.4 Å². The second-order valence-electron chi connectivity index (χ2n) is 7.03. The Morgan fingerprint density at radius 3 is 2.42 bits per heavy atom. The highest BCUT2D eigenvalue weighted by Gasteiger charge is 2.31. The molecular formula is C17H27N3O4. The number of carbonyl (C=O) groups is 2. The largest absolute Gasteiger partial charge is 0.464 e. The first-order valence-corrected chi connectivity index (χ1v) is 8.40. The quantitative estimate of drug-likeness (QED) is 0.857. The van der Waals surface area contributed by atoms with Crippen LogP contribution in [-0.4, -0.2) is 52.7 Å². The number of aryl methyl sites for hydroxylation is 1. The number of nitrogens with zero attached hydrogens (tertiary/aromatic N) is 2. The number of aromatic amines is 1. The number of hydrogen-bond donors (Lipinski definition) is 1. The first kappa shape index (κ1) is 18.3. The number of amides is 1. The van der Waals surface area contributed by atoms with Crippen LogP contribution in [0.3, 0.4) is 0 Å². The molecule has 1 saturated heterocycles. The van der Waals surface area contributed by atoms with E-state index in [1.807, 2.05) is 27.7 Å². The molecule has 0 aliphatic carbocycles. The Kier molecular flexibility index (Phi) is 5.51. The molecule has 0 bridgehead atoms. The number of imidazole rings is 1. The van der Waals surface area contributed by atoms with Gasteiger partial charge in [-0.1, -0.05) is 6.92 Å². The fourth-order valence-corrected chi connectivity index (χ4v) is 2.83. The summed E-state index contributed by atoms with van der Waals surface area (Å²) < 4.78 is 10.2. The Bertz CT molecular complexity index is 595. The molecule has 24 heavy (non-hydrogen) atoms. The van der Waals surface area contributed by atoms with Crippen LogP contribution in [0.1, 0.15) is 68.5 Å². The van der Waals surface area contributed by atoms with Crippen molar-refractivity contribution in [3.8, 4) is 0 Å². The molecule has 0 aromatic carbocycles. The van der Waals surface area contributed by atoms with E-state index in [2.05, 4.69) is 9.97 Å². The minimum Gasteiger partial charge on any atom is -0.464 e. The van der Waals surface area contributed by atoms with Gasteiger partial charge in [-0.2, -0.15) is 0 Å². The lowest BCUT2D eigenvalue weighted by Crippen LogP contribution is -2.41. The van der Waals surface area contributed by atoms with Gasteiger partial charge in [-0.3, -0.25) is 0 Å². The number of piperidine rings is 1. The molecule has 1 aliphatic heterocycles. The van der Waals surface area contributed by atoms with Crippen LogP contribution < -0.4 is 0 Å². The van der Waals surface area contributed by atoms with Crippen molar-refractivity contribution in [2.75, 3.05) is 20.2 Å². The number of H-pyrrole nitrogens is 1. The molecular weight excluding hydrogens is 310 g/mol. The van der Waals surface area contributed by atoms with Crippen molar-refractivity contribution in [3.63, 3.8) is 0 Å². The maximum atomic E-state index is 12.1. The average Bonchev–Trinajstić information content (AvgIpc) is 2.97. The number of ether oxygens (including phenoxy) is 2. The molecule has 1 N–H and O–H groups in total. The molecule has 0 spiro atoms. The van der Waals surface area contributed by atoms with E-state index in [1.54, 1.807) is 4.90 Å². The van der Waals surface area contributed by atoms with Gasteiger partial charge >= 0.3 is 12.1 Å². The van der Waals surface area contributed by atoms with Gasteiger partial charge in [0.15, 0.2) is 5.69 Å². The molecule has 7 nitrogen and oxygen atoms in total. The Hall–Kier alpha value is -2.05. The molecule has 7 heteroatoms. The van der Waals surface area contributed by atoms with E-state index in [4.69, 9.17) is 9.47 Å². The third-order valence-electron chi connectivity index (χ3n) is 4.05. The Morgan fingerprint density at radius 1 is 1.29 bits per heavy atom. The van der Waals surface area contributed by atoms with E-state index < -0.39 is 11.6 Å². The molecule has 0 radical (unpaired) electrons. The molecule has 2 heterocycles. The molecule has 2 rings (SSSR count). The van der Waals surface area contributed by atoms with Crippen LogP contribution in [0.5, 0.6) is 0 Å². The predicted octanol–water partition coefficient (Wildman–Crippen LogP) is 2.87. The summed E-state index contributed by atoms with van der Waals surface area (Å²) in [5, 5.41) is 0. The predicted molar refractivity (Wildman–Crippen MR) is 89.1 cm³/mol. The summed E-state index contributed by atoms with van der Waals surface area (Å²) >= 11 is 0. The lowest BCUT2D eigenvalue weighted by atomic mass is 9.92. The Morgan fingerprint density at radius 2 is 1.92 bits per heavy atom. The van der Waals surface area contributed by atoms with E-state index >= 15 is 0 Å². The van der Waals surface area contributed by atoms with Crippen LogP contribution >= 0.6 is 0 Å². The second-order valence-corrected chi connectivity index (χ2v) is 7.03. The molecule has 0 unspecified atom stereocenters. The van der Waals surface area contributed by atoms with Crippen molar-refractivity contribution in [1.29, 1.82) is 0 Å². The third kappa shape index (κ3) is 4.27. The minimum atomic E-state index is -0.495. The molecule has 1 aromatic heterocycles. The third-order valence-corrected chi connectivity index (χ3v) is 4.05. The van der Waals surface area contributed by atoms with Crippen LogP contribution in [0.25, 0.3) is 0 Å². The topological polar surface area (TPSA) is 84.5 Å². The molecule has 1 amide bonds. The fraction of sp³-hybridized carbons (Fsp3) is 0.706. The number of methoxy groups -OCH3 is 1. The average molecular weight is 337 g/mol. The number of aromatic nitrogens is 2. The Balaban J connectivity index is 2.06. The molecule has 1 aromatic rings. The normalized spacial score (nSPS) is 16.1. The summed E-state index contributed by atoms with van der Waals surface area (Å²) in [6.45, 7) is 8.75. The van der Waals surface area contributed by atoms with Gasteiger partial charge in [0.05, 0.1) is 12.8 Å². The zero-order valence-corrected chi connectivity index (χ0v) is 15.1. The standard InChI is InChI=1S/C17H27N3O4/c1-6-12-18-13(14(19-12)15(21)23-5)11-7-9-20(10-8-11)16(22)24-17(2,3)4/h11H,6-10H2,1-5H3,(H,18,19). The van der Waals surface area contributed by atoms with Crippen LogP contribution in [0.2, 0.25) is 0 Å². The first-order chi connectivity index (χ1) is 11.2. The Labute approximate surface area is 142 Å². The maximum absolute atomic E-state index is 12.1. The smallest absolute Gasteiger partial charge is 0.410 e. The summed E-state index contributed by atoms with van der Waals surface area (Å²) in [6.07, 6.45) is 1.96. The summed E-state index contributed by atoms with van der Waals surface area (Å²) in [6, 6.07) is 0. The zero-order chi connectivity index (χ0) is 17.9. The summed E-state index contributed by atoms with van der Waals surface area (Å²) in [5.74, 6) is 0.515. The van der Waals surface area contributed by atoms with Gasteiger partial charge in [0.25, 0.3) is 0 Å². The van der Waals surface area contributed by atoms with Gasteiger partial charge in [-0.05, 0) is 33.6 Å². The van der Waals surface area contributed by atoms with Gasteiger partial charge < -0.3 is 19.4 Å². The summed E-state index contributed by atoms with van der Waals surface area (Å²) in [4.78, 5) is 33.4. The van der Waals surface area contributed by atoms with Crippen molar-refractivity contribution in [2.24, 2.45) is 0 Å². The van der Waals surface area contributed by atoms with Gasteiger partial charge in [-0.15, -0.1) is 0 Å². The van der Waals surface area contributed by atoms with E-state index in [1.165, 1.54) is 7.11 Å². The summed E-state index contributed by atoms with van der Waals surface area (Å²) in [7, 11) is 1.36. The van der Waals surface area contributed by atoms with Crippen LogP contribution in [-0.2, 0) is 15.9 Å². The van der Waals surface area contributed by atoms with E-state index in [0.29, 0.717) is 18.8 Å². The van der Waals surface area contributed by atoms with Crippen molar-refractivity contribution in [3.05, 3.63) is 17.2 Å². The molecule has 1 fully saturated rings. The number of esters is 1. The number of rotatable bonds is 3. The number of likely N-dealkylation sites (tertiary alicyclic amines) is 1. The monoisotopic (exact) mass is 337 g/mol. The van der Waals surface area contributed by atoms with Crippen molar-refractivity contribution in [1.82, 2.24) is 14.9 Å². The van der Waals surface area contributed by atoms with Crippen LogP contribution in [0, 0.1) is 0 Å². The van der Waals surface area contributed by atoms with Crippen LogP contribution in [0.15, 0.2) is 0 Å². The minimum absolute atomic E-state index is 0.158. The van der Waals surface area contributed by atoms with E-state index in [9.17, 15) is 9.59 Å². The van der Waals surface area contributed by atoms with Crippen molar-refractivity contribution < 1.29 is 19.1 Å². The van der Waals surface area contributed by atoms with E-state index in [0.717, 1.165) is 30.8 Å². The maximum Gasteiger partial charge on any atom is 0.410 e. The first-order valence-electron chi connectivity index (χ1n) is 8.40. The lowest BCUT2D eigenvalue weighted by Gasteiger charge is -2.33. The van der Waals surface area contributed by atoms with Crippen molar-refractivity contribution >= 4 is 12.1 Å². The van der Waals surface area contributed by atoms with Crippen molar-refractivity contribution in [2.45, 2.75) is 58.5 Å². The van der Waals surface area contributed by atoms with Crippen LogP contribution in [0.4, 0.5) is 4.79 Å². The fourth-order valence-electron chi connectivity index (χ4n) is 2.83. The zero-order valence-electron chi connectivity index (χ0n) is 15.1. The van der Waals surface area contributed by atoms with E-state index in [-0.39, 0.29) is 12.0 Å². The molecule has 1 aliphatic rings. The highest BCUT2D eigenvalue weighted by Crippen LogP contribution is 2.30. The summed E-state index contributed by atoms with van der Waals surface area (Å²) in [5.41, 5.74) is 0.693. The second kappa shape index (κ2) is 7.23. The molecule has 0 saturated carbocycles. The highest BCUT2D eigenvalue weighted by atomic mass is 16.6. The number of carbonyl (C=O) groups excluding carboxylic acids is 2. The van der Waals surface area contributed by atoms with Gasteiger partial charge in [0, 0.05) is 25.4 Å². The van der Waals surface area contributed by atoms with Gasteiger partial charge in [-0.25, -0.2) is 14.6 Å². The molecule has 0 atom stereocenters. The van der Waals surface area contributed by atoms with Gasteiger partial charge in [0.2, 0.25) is 0 Å². The lowest BCUT2D eigenvalue weighted by molar-refractivity contribution is 0.0203. The molecule has 134 valence electrons. The number of hydrogen-bond acceptors (Lipinski definition) is 5. The SMILES string of the molecule is CCc1nc(C(=O)OC)c(C2CCN(C(=O)OC(C)(C)C)CC2)[nH]1. The highest BCUT2D eigenvalue weighted by molar-refractivity contribution is 5.88.